The molecule has 0 atom stereocenters. The summed E-state index contributed by atoms with van der Waals surface area (Å²) in [6.07, 6.45) is 0.703. The molecular formula is C23H24N2O5S. The standard InChI is InChI=1S/C23H24N2O5S/c1-2-16-24-31(27,28)20-14-12-18(13-15-20)29-17-23(26)25-21-10-6-7-11-22(21)30-19-8-4-3-5-9-19/h3-15,24H,2,16-17H2,1H3,(H,25,26). The van der Waals surface area contributed by atoms with E-state index in [9.17, 15) is 13.2 Å². The zero-order valence-corrected chi connectivity index (χ0v) is 17.9. The summed E-state index contributed by atoms with van der Waals surface area (Å²) in [7, 11) is -3.54. The molecule has 7 nitrogen and oxygen atoms in total. The number of ether oxygens (including phenoxy) is 2. The molecular weight excluding hydrogens is 416 g/mol. The molecule has 0 fully saturated rings. The average Bonchev–Trinajstić information content (AvgIpc) is 2.79. The first-order valence-corrected chi connectivity index (χ1v) is 11.3. The molecule has 0 aliphatic rings. The Morgan fingerprint density at radius 3 is 2.26 bits per heavy atom. The van der Waals surface area contributed by atoms with Crippen molar-refractivity contribution in [2.75, 3.05) is 18.5 Å². The summed E-state index contributed by atoms with van der Waals surface area (Å²) < 4.78 is 38.0. The van der Waals surface area contributed by atoms with Crippen molar-refractivity contribution in [3.8, 4) is 17.2 Å². The molecule has 1 amide bonds. The first-order chi connectivity index (χ1) is 15.0. The first-order valence-electron chi connectivity index (χ1n) is 9.82. The van der Waals surface area contributed by atoms with Gasteiger partial charge in [0.2, 0.25) is 10.0 Å². The van der Waals surface area contributed by atoms with Crippen molar-refractivity contribution in [1.29, 1.82) is 0 Å². The first kappa shape index (κ1) is 22.3. The van der Waals surface area contributed by atoms with Gasteiger partial charge in [0.05, 0.1) is 10.6 Å². The van der Waals surface area contributed by atoms with Crippen molar-refractivity contribution in [3.63, 3.8) is 0 Å². The van der Waals surface area contributed by atoms with Gasteiger partial charge in [-0.2, -0.15) is 0 Å². The van der Waals surface area contributed by atoms with Crippen LogP contribution < -0.4 is 19.5 Å². The lowest BCUT2D eigenvalue weighted by molar-refractivity contribution is -0.118. The minimum atomic E-state index is -3.54. The van der Waals surface area contributed by atoms with E-state index in [1.54, 1.807) is 18.2 Å². The number of para-hydroxylation sites is 3. The van der Waals surface area contributed by atoms with Crippen LogP contribution in [0.25, 0.3) is 0 Å². The fourth-order valence-electron chi connectivity index (χ4n) is 2.64. The Hall–Kier alpha value is -3.36. The van der Waals surface area contributed by atoms with Gasteiger partial charge in [-0.1, -0.05) is 37.3 Å². The van der Waals surface area contributed by atoms with E-state index in [4.69, 9.17) is 9.47 Å². The van der Waals surface area contributed by atoms with Gasteiger partial charge in [-0.15, -0.1) is 0 Å². The molecule has 3 aromatic carbocycles. The van der Waals surface area contributed by atoms with Gasteiger partial charge >= 0.3 is 0 Å². The van der Waals surface area contributed by atoms with Crippen molar-refractivity contribution >= 4 is 21.6 Å². The second-order valence-electron chi connectivity index (χ2n) is 6.62. The lowest BCUT2D eigenvalue weighted by Crippen LogP contribution is -2.24. The molecule has 3 rings (SSSR count). The predicted molar refractivity (Wildman–Crippen MR) is 119 cm³/mol. The number of amides is 1. The van der Waals surface area contributed by atoms with Gasteiger partial charge < -0.3 is 14.8 Å². The van der Waals surface area contributed by atoms with Crippen LogP contribution in [-0.2, 0) is 14.8 Å². The summed E-state index contributed by atoms with van der Waals surface area (Å²) in [6, 6.07) is 22.3. The van der Waals surface area contributed by atoms with Gasteiger partial charge in [-0.25, -0.2) is 13.1 Å². The Bertz CT molecular complexity index is 1100. The molecule has 3 aromatic rings. The van der Waals surface area contributed by atoms with E-state index in [0.29, 0.717) is 35.9 Å². The van der Waals surface area contributed by atoms with Crippen LogP contribution in [0.15, 0.2) is 83.8 Å². The Labute approximate surface area is 182 Å². The van der Waals surface area contributed by atoms with E-state index in [2.05, 4.69) is 10.0 Å². The minimum Gasteiger partial charge on any atom is -0.484 e. The number of carbonyl (C=O) groups excluding carboxylic acids is 1. The molecule has 0 heterocycles. The third-order valence-electron chi connectivity index (χ3n) is 4.18. The maximum Gasteiger partial charge on any atom is 0.262 e. The van der Waals surface area contributed by atoms with Crippen LogP contribution in [0.3, 0.4) is 0 Å². The van der Waals surface area contributed by atoms with E-state index >= 15 is 0 Å². The van der Waals surface area contributed by atoms with Gasteiger partial charge in [-0.05, 0) is 55.0 Å². The minimum absolute atomic E-state index is 0.143. The zero-order chi connectivity index (χ0) is 22.1. The molecule has 0 spiro atoms. The zero-order valence-electron chi connectivity index (χ0n) is 17.1. The summed E-state index contributed by atoms with van der Waals surface area (Å²) in [5.41, 5.74) is 0.517. The van der Waals surface area contributed by atoms with Crippen LogP contribution in [-0.4, -0.2) is 27.5 Å². The molecule has 0 aliphatic heterocycles. The highest BCUT2D eigenvalue weighted by atomic mass is 32.2. The van der Waals surface area contributed by atoms with Gasteiger partial charge in [0.15, 0.2) is 12.4 Å². The topological polar surface area (TPSA) is 93.7 Å². The molecule has 0 bridgehead atoms. The summed E-state index contributed by atoms with van der Waals surface area (Å²) in [6.45, 7) is 2.02. The monoisotopic (exact) mass is 440 g/mol. The van der Waals surface area contributed by atoms with E-state index in [-0.39, 0.29) is 17.4 Å². The molecule has 2 N–H and O–H groups in total. The number of carbonyl (C=O) groups is 1. The Morgan fingerprint density at radius 2 is 1.55 bits per heavy atom. The summed E-state index contributed by atoms with van der Waals surface area (Å²) >= 11 is 0. The highest BCUT2D eigenvalue weighted by Gasteiger charge is 2.13. The SMILES string of the molecule is CCCNS(=O)(=O)c1ccc(OCC(=O)Nc2ccccc2Oc2ccccc2)cc1. The molecule has 31 heavy (non-hydrogen) atoms. The van der Waals surface area contributed by atoms with E-state index in [0.717, 1.165) is 0 Å². The van der Waals surface area contributed by atoms with Crippen molar-refractivity contribution in [1.82, 2.24) is 4.72 Å². The van der Waals surface area contributed by atoms with Crippen LogP contribution in [0.1, 0.15) is 13.3 Å². The molecule has 0 unspecified atom stereocenters. The summed E-state index contributed by atoms with van der Waals surface area (Å²) in [4.78, 5) is 12.5. The molecule has 0 aliphatic carbocycles. The molecule has 162 valence electrons. The maximum absolute atomic E-state index is 12.3. The third kappa shape index (κ3) is 6.56. The second-order valence-corrected chi connectivity index (χ2v) is 8.38. The molecule has 0 radical (unpaired) electrons. The molecule has 0 saturated heterocycles. The molecule has 0 aromatic heterocycles. The number of nitrogens with one attached hydrogen (secondary N) is 2. The molecule has 0 saturated carbocycles. The number of hydrogen-bond acceptors (Lipinski definition) is 5. The largest absolute Gasteiger partial charge is 0.484 e. The highest BCUT2D eigenvalue weighted by molar-refractivity contribution is 7.89. The summed E-state index contributed by atoms with van der Waals surface area (Å²) in [5, 5.41) is 2.77. The van der Waals surface area contributed by atoms with Crippen molar-refractivity contribution in [2.45, 2.75) is 18.2 Å². The Kier molecular flexibility index (Phi) is 7.64. The lowest BCUT2D eigenvalue weighted by atomic mass is 10.3. The summed E-state index contributed by atoms with van der Waals surface area (Å²) in [5.74, 6) is 1.18. The van der Waals surface area contributed by atoms with Gasteiger partial charge in [-0.3, -0.25) is 4.79 Å². The van der Waals surface area contributed by atoms with E-state index in [1.165, 1.54) is 24.3 Å². The van der Waals surface area contributed by atoms with Crippen LogP contribution in [0.5, 0.6) is 17.2 Å². The smallest absolute Gasteiger partial charge is 0.262 e. The fourth-order valence-corrected chi connectivity index (χ4v) is 3.78. The van der Waals surface area contributed by atoms with Crippen LogP contribution in [0, 0.1) is 0 Å². The van der Waals surface area contributed by atoms with E-state index in [1.807, 2.05) is 43.3 Å². The van der Waals surface area contributed by atoms with Crippen molar-refractivity contribution in [3.05, 3.63) is 78.9 Å². The maximum atomic E-state index is 12.3. The number of hydrogen-bond donors (Lipinski definition) is 2. The number of rotatable bonds is 10. The number of anilines is 1. The number of sulfonamides is 1. The fraction of sp³-hybridized carbons (Fsp3) is 0.174. The van der Waals surface area contributed by atoms with Crippen LogP contribution in [0.4, 0.5) is 5.69 Å². The van der Waals surface area contributed by atoms with Crippen molar-refractivity contribution in [2.24, 2.45) is 0 Å². The van der Waals surface area contributed by atoms with Crippen molar-refractivity contribution < 1.29 is 22.7 Å². The second kappa shape index (κ2) is 10.6. The highest BCUT2D eigenvalue weighted by Crippen LogP contribution is 2.29. The van der Waals surface area contributed by atoms with Crippen LogP contribution >= 0.6 is 0 Å². The third-order valence-corrected chi connectivity index (χ3v) is 5.66. The normalized spacial score (nSPS) is 11.0. The number of benzene rings is 3. The van der Waals surface area contributed by atoms with Gasteiger partial charge in [0.1, 0.15) is 11.5 Å². The van der Waals surface area contributed by atoms with Crippen LogP contribution in [0.2, 0.25) is 0 Å². The Morgan fingerprint density at radius 1 is 0.871 bits per heavy atom. The Balaban J connectivity index is 1.57. The lowest BCUT2D eigenvalue weighted by Gasteiger charge is -2.13. The quantitative estimate of drug-likeness (QED) is 0.493. The van der Waals surface area contributed by atoms with E-state index < -0.39 is 10.0 Å². The average molecular weight is 441 g/mol. The predicted octanol–water partition coefficient (Wildman–Crippen LogP) is 4.18. The molecule has 8 heteroatoms. The van der Waals surface area contributed by atoms with Gasteiger partial charge in [0, 0.05) is 6.54 Å². The van der Waals surface area contributed by atoms with Gasteiger partial charge in [0.25, 0.3) is 5.91 Å².